The second-order valence-electron chi connectivity index (χ2n) is 5.93. The molecule has 1 fully saturated rings. The smallest absolute Gasteiger partial charge is 0.198 e. The van der Waals surface area contributed by atoms with Gasteiger partial charge in [-0.05, 0) is 42.9 Å². The molecule has 2 aromatic rings. The molecule has 1 aliphatic carbocycles. The predicted octanol–water partition coefficient (Wildman–Crippen LogP) is 4.68. The molecular formula is C16H21NO. The van der Waals surface area contributed by atoms with E-state index in [2.05, 4.69) is 32.0 Å². The van der Waals surface area contributed by atoms with Crippen LogP contribution in [0.5, 0.6) is 0 Å². The minimum atomic E-state index is 0.561. The van der Waals surface area contributed by atoms with Gasteiger partial charge in [-0.25, -0.2) is 4.98 Å². The molecule has 1 saturated carbocycles. The van der Waals surface area contributed by atoms with E-state index < -0.39 is 0 Å². The lowest BCUT2D eigenvalue weighted by molar-refractivity contribution is 0.474. The van der Waals surface area contributed by atoms with Crippen LogP contribution in [0.4, 0.5) is 0 Å². The molecule has 1 heterocycles. The van der Waals surface area contributed by atoms with Crippen LogP contribution in [0, 0.1) is 5.92 Å². The molecule has 0 radical (unpaired) electrons. The van der Waals surface area contributed by atoms with Gasteiger partial charge in [-0.1, -0.05) is 32.8 Å². The highest BCUT2D eigenvalue weighted by Gasteiger charge is 2.22. The van der Waals surface area contributed by atoms with E-state index in [4.69, 9.17) is 9.40 Å². The summed E-state index contributed by atoms with van der Waals surface area (Å²) in [7, 11) is 0. The molecule has 0 atom stereocenters. The van der Waals surface area contributed by atoms with Crippen LogP contribution in [0.25, 0.3) is 11.1 Å². The highest BCUT2D eigenvalue weighted by Crippen LogP contribution is 2.35. The van der Waals surface area contributed by atoms with Gasteiger partial charge in [0.1, 0.15) is 5.52 Å². The summed E-state index contributed by atoms with van der Waals surface area (Å²) >= 11 is 0. The van der Waals surface area contributed by atoms with Crippen LogP contribution in [0.1, 0.15) is 56.9 Å². The van der Waals surface area contributed by atoms with Gasteiger partial charge < -0.3 is 4.42 Å². The van der Waals surface area contributed by atoms with Gasteiger partial charge in [0.25, 0.3) is 0 Å². The first kappa shape index (κ1) is 11.8. The van der Waals surface area contributed by atoms with Crippen LogP contribution in [0.3, 0.4) is 0 Å². The van der Waals surface area contributed by atoms with E-state index in [9.17, 15) is 0 Å². The molecule has 0 aliphatic heterocycles. The molecule has 1 aliphatic rings. The summed E-state index contributed by atoms with van der Waals surface area (Å²) < 4.78 is 5.90. The van der Waals surface area contributed by atoms with Gasteiger partial charge in [0.05, 0.1) is 0 Å². The Hall–Kier alpha value is -1.31. The second-order valence-corrected chi connectivity index (χ2v) is 5.93. The van der Waals surface area contributed by atoms with Gasteiger partial charge >= 0.3 is 0 Å². The molecule has 0 spiro atoms. The largest absolute Gasteiger partial charge is 0.440 e. The topological polar surface area (TPSA) is 26.0 Å². The van der Waals surface area contributed by atoms with Crippen LogP contribution >= 0.6 is 0 Å². The Balaban J connectivity index is 1.91. The van der Waals surface area contributed by atoms with Crippen molar-refractivity contribution in [1.82, 2.24) is 4.98 Å². The lowest BCUT2D eigenvalue weighted by Crippen LogP contribution is -1.93. The predicted molar refractivity (Wildman–Crippen MR) is 73.8 cm³/mol. The number of oxazole rings is 1. The number of benzene rings is 1. The van der Waals surface area contributed by atoms with Crippen molar-refractivity contribution in [2.24, 2.45) is 5.92 Å². The molecule has 0 N–H and O–H groups in total. The number of aromatic nitrogens is 1. The second kappa shape index (κ2) is 4.75. The zero-order valence-corrected chi connectivity index (χ0v) is 11.3. The summed E-state index contributed by atoms with van der Waals surface area (Å²) in [5.74, 6) is 2.21. The molecule has 96 valence electrons. The quantitative estimate of drug-likeness (QED) is 0.782. The Morgan fingerprint density at radius 2 is 2.06 bits per heavy atom. The molecule has 0 bridgehead atoms. The molecule has 2 heteroatoms. The highest BCUT2D eigenvalue weighted by molar-refractivity contribution is 5.73. The van der Waals surface area contributed by atoms with Gasteiger partial charge in [-0.3, -0.25) is 0 Å². The van der Waals surface area contributed by atoms with Crippen LogP contribution in [-0.4, -0.2) is 4.98 Å². The Morgan fingerprint density at radius 1 is 1.28 bits per heavy atom. The Labute approximate surface area is 108 Å². The maximum Gasteiger partial charge on any atom is 0.198 e. The lowest BCUT2D eigenvalue weighted by Gasteiger charge is -2.03. The van der Waals surface area contributed by atoms with E-state index in [-0.39, 0.29) is 0 Å². The molecule has 0 unspecified atom stereocenters. The number of rotatable bonds is 3. The first-order valence-corrected chi connectivity index (χ1v) is 7.12. The van der Waals surface area contributed by atoms with Crippen molar-refractivity contribution >= 4 is 11.1 Å². The fraction of sp³-hybridized carbons (Fsp3) is 0.562. The zero-order valence-electron chi connectivity index (χ0n) is 11.3. The highest BCUT2D eigenvalue weighted by atomic mass is 16.3. The van der Waals surface area contributed by atoms with E-state index in [1.165, 1.54) is 31.2 Å². The van der Waals surface area contributed by atoms with Crippen molar-refractivity contribution in [3.63, 3.8) is 0 Å². The molecule has 1 aromatic heterocycles. The first-order chi connectivity index (χ1) is 8.72. The van der Waals surface area contributed by atoms with Gasteiger partial charge in [-0.15, -0.1) is 0 Å². The fourth-order valence-corrected chi connectivity index (χ4v) is 2.94. The maximum atomic E-state index is 5.90. The third-order valence-electron chi connectivity index (χ3n) is 3.82. The van der Waals surface area contributed by atoms with E-state index in [1.54, 1.807) is 0 Å². The molecule has 18 heavy (non-hydrogen) atoms. The summed E-state index contributed by atoms with van der Waals surface area (Å²) in [5, 5.41) is 0. The Bertz CT molecular complexity index is 535. The van der Waals surface area contributed by atoms with E-state index in [0.29, 0.717) is 11.8 Å². The normalized spacial score (nSPS) is 17.1. The van der Waals surface area contributed by atoms with Gasteiger partial charge in [0.2, 0.25) is 0 Å². The summed E-state index contributed by atoms with van der Waals surface area (Å²) in [6.07, 6.45) is 6.24. The van der Waals surface area contributed by atoms with Crippen LogP contribution in [0.15, 0.2) is 22.6 Å². The minimum Gasteiger partial charge on any atom is -0.440 e. The van der Waals surface area contributed by atoms with Crippen molar-refractivity contribution in [2.45, 2.75) is 51.9 Å². The fourth-order valence-electron chi connectivity index (χ4n) is 2.94. The Morgan fingerprint density at radius 3 is 2.78 bits per heavy atom. The molecule has 0 amide bonds. The van der Waals surface area contributed by atoms with Crippen LogP contribution in [-0.2, 0) is 6.42 Å². The molecular weight excluding hydrogens is 222 g/mol. The minimum absolute atomic E-state index is 0.561. The van der Waals surface area contributed by atoms with E-state index >= 15 is 0 Å². The first-order valence-electron chi connectivity index (χ1n) is 7.12. The monoisotopic (exact) mass is 243 g/mol. The summed E-state index contributed by atoms with van der Waals surface area (Å²) in [6.45, 7) is 4.49. The van der Waals surface area contributed by atoms with Crippen LogP contribution < -0.4 is 0 Å². The van der Waals surface area contributed by atoms with Gasteiger partial charge in [0.15, 0.2) is 11.5 Å². The molecule has 2 nitrogen and oxygen atoms in total. The third-order valence-corrected chi connectivity index (χ3v) is 3.82. The summed E-state index contributed by atoms with van der Waals surface area (Å²) in [4.78, 5) is 4.70. The van der Waals surface area contributed by atoms with Crippen molar-refractivity contribution in [3.8, 4) is 0 Å². The van der Waals surface area contributed by atoms with Crippen molar-refractivity contribution in [3.05, 3.63) is 29.7 Å². The molecule has 1 aromatic carbocycles. The van der Waals surface area contributed by atoms with Crippen molar-refractivity contribution in [1.29, 1.82) is 0 Å². The number of nitrogens with zero attached hydrogens (tertiary/aromatic N) is 1. The van der Waals surface area contributed by atoms with Gasteiger partial charge in [-0.2, -0.15) is 0 Å². The summed E-state index contributed by atoms with van der Waals surface area (Å²) in [6, 6.07) is 6.45. The standard InChI is InChI=1S/C16H21NO/c1-11(2)9-12-7-8-15-14(10-12)17-16(18-15)13-5-3-4-6-13/h7-8,10-11,13H,3-6,9H2,1-2H3. The zero-order chi connectivity index (χ0) is 12.5. The van der Waals surface area contributed by atoms with Gasteiger partial charge in [0, 0.05) is 5.92 Å². The lowest BCUT2D eigenvalue weighted by atomic mass is 10.0. The average Bonchev–Trinajstić information content (AvgIpc) is 2.95. The van der Waals surface area contributed by atoms with E-state index in [0.717, 1.165) is 23.4 Å². The van der Waals surface area contributed by atoms with E-state index in [1.807, 2.05) is 0 Å². The van der Waals surface area contributed by atoms with Crippen molar-refractivity contribution < 1.29 is 4.42 Å². The maximum absolute atomic E-state index is 5.90. The number of fused-ring (bicyclic) bond motifs is 1. The molecule has 0 saturated heterocycles. The SMILES string of the molecule is CC(C)Cc1ccc2oc(C3CCCC3)nc2c1. The summed E-state index contributed by atoms with van der Waals surface area (Å²) in [5.41, 5.74) is 3.35. The third kappa shape index (κ3) is 2.29. The number of hydrogen-bond donors (Lipinski definition) is 0. The van der Waals surface area contributed by atoms with Crippen LogP contribution in [0.2, 0.25) is 0 Å². The average molecular weight is 243 g/mol. The molecule has 3 rings (SSSR count). The number of hydrogen-bond acceptors (Lipinski definition) is 2. The Kier molecular flexibility index (Phi) is 3.11. The van der Waals surface area contributed by atoms with Crippen molar-refractivity contribution in [2.75, 3.05) is 0 Å².